The lowest BCUT2D eigenvalue weighted by atomic mass is 10.1. The standard InChI is InChI=1S/C26H45N5O4/c1-19(27)18-30(28)14-7-6-8-24(31(3,4)5)26(33)29-22-11-9-21(10-12-22)13-15-34-25-17-23(32)16-20(2)35-25/h9-12,18,20,23-25,32H,6-8,13-17,27-28H2,1-5H3/p+1/b19-18-/t20?,23?,24-,25?/m0/s1. The summed E-state index contributed by atoms with van der Waals surface area (Å²) in [6.45, 7) is 4.96. The van der Waals surface area contributed by atoms with Gasteiger partial charge in [0.2, 0.25) is 0 Å². The number of hydrogen-bond acceptors (Lipinski definition) is 7. The highest BCUT2D eigenvalue weighted by Crippen LogP contribution is 2.21. The van der Waals surface area contributed by atoms with Gasteiger partial charge in [0.15, 0.2) is 12.3 Å². The normalized spacial score (nSPS) is 22.0. The quantitative estimate of drug-likeness (QED) is 0.144. The van der Waals surface area contributed by atoms with E-state index in [1.54, 1.807) is 18.1 Å². The second-order valence-electron chi connectivity index (χ2n) is 10.5. The Kier molecular flexibility index (Phi) is 11.5. The van der Waals surface area contributed by atoms with Crippen molar-refractivity contribution in [3.8, 4) is 0 Å². The lowest BCUT2D eigenvalue weighted by Crippen LogP contribution is -2.51. The van der Waals surface area contributed by atoms with E-state index >= 15 is 0 Å². The second kappa shape index (κ2) is 13.8. The topological polar surface area (TPSA) is 123 Å². The predicted octanol–water partition coefficient (Wildman–Crippen LogP) is 2.31. The van der Waals surface area contributed by atoms with Gasteiger partial charge in [0.25, 0.3) is 5.91 Å². The number of likely N-dealkylation sites (N-methyl/N-ethyl adjacent to an activating group) is 1. The Labute approximate surface area is 210 Å². The molecule has 1 aliphatic heterocycles. The summed E-state index contributed by atoms with van der Waals surface area (Å²) in [4.78, 5) is 13.1. The van der Waals surface area contributed by atoms with E-state index in [4.69, 9.17) is 21.1 Å². The van der Waals surface area contributed by atoms with Crippen LogP contribution in [0.1, 0.15) is 51.5 Å². The van der Waals surface area contributed by atoms with Gasteiger partial charge >= 0.3 is 0 Å². The number of amides is 1. The van der Waals surface area contributed by atoms with Crippen LogP contribution in [0.5, 0.6) is 0 Å². The van der Waals surface area contributed by atoms with Gasteiger partial charge in [0.05, 0.1) is 40.0 Å². The first-order valence-electron chi connectivity index (χ1n) is 12.6. The van der Waals surface area contributed by atoms with E-state index in [1.165, 1.54) is 0 Å². The lowest BCUT2D eigenvalue weighted by molar-refractivity contribution is -0.886. The highest BCUT2D eigenvalue weighted by Gasteiger charge is 2.31. The van der Waals surface area contributed by atoms with Crippen LogP contribution >= 0.6 is 0 Å². The molecular weight excluding hydrogens is 446 g/mol. The molecule has 2 rings (SSSR count). The number of allylic oxidation sites excluding steroid dienone is 1. The maximum Gasteiger partial charge on any atom is 0.282 e. The summed E-state index contributed by atoms with van der Waals surface area (Å²) in [7, 11) is 6.12. The number of benzene rings is 1. The van der Waals surface area contributed by atoms with Gasteiger partial charge in [-0.05, 0) is 57.2 Å². The third-order valence-corrected chi connectivity index (χ3v) is 6.12. The van der Waals surface area contributed by atoms with Crippen LogP contribution in [0.3, 0.4) is 0 Å². The second-order valence-corrected chi connectivity index (χ2v) is 10.5. The summed E-state index contributed by atoms with van der Waals surface area (Å²) in [6, 6.07) is 7.69. The number of quaternary nitrogens is 1. The number of nitrogens with two attached hydrogens (primary N) is 2. The molecule has 35 heavy (non-hydrogen) atoms. The Morgan fingerprint density at radius 2 is 1.97 bits per heavy atom. The van der Waals surface area contributed by atoms with Crippen molar-refractivity contribution in [1.82, 2.24) is 5.01 Å². The molecule has 1 aliphatic rings. The molecule has 1 aromatic carbocycles. The van der Waals surface area contributed by atoms with Gasteiger partial charge in [-0.3, -0.25) is 4.79 Å². The molecule has 3 unspecified atom stereocenters. The van der Waals surface area contributed by atoms with Crippen molar-refractivity contribution >= 4 is 11.6 Å². The van der Waals surface area contributed by atoms with Crippen molar-refractivity contribution in [2.75, 3.05) is 39.6 Å². The zero-order chi connectivity index (χ0) is 26.0. The van der Waals surface area contributed by atoms with Crippen LogP contribution in [-0.4, -0.2) is 79.3 Å². The van der Waals surface area contributed by atoms with Gasteiger partial charge in [-0.2, -0.15) is 0 Å². The minimum Gasteiger partial charge on any atom is -0.401 e. The maximum absolute atomic E-state index is 13.1. The van der Waals surface area contributed by atoms with Crippen LogP contribution in [0.25, 0.3) is 0 Å². The van der Waals surface area contributed by atoms with E-state index in [-0.39, 0.29) is 30.4 Å². The lowest BCUT2D eigenvalue weighted by Gasteiger charge is -2.33. The van der Waals surface area contributed by atoms with E-state index in [0.29, 0.717) is 36.2 Å². The van der Waals surface area contributed by atoms with E-state index in [2.05, 4.69) is 5.32 Å². The summed E-state index contributed by atoms with van der Waals surface area (Å²) in [5.74, 6) is 5.91. The summed E-state index contributed by atoms with van der Waals surface area (Å²) >= 11 is 0. The molecule has 0 aromatic heterocycles. The Bertz CT molecular complexity index is 795. The fraction of sp³-hybridized carbons (Fsp3) is 0.654. The number of hydrogen-bond donors (Lipinski definition) is 4. The molecule has 1 amide bonds. The van der Waals surface area contributed by atoms with Gasteiger partial charge in [0.1, 0.15) is 0 Å². The van der Waals surface area contributed by atoms with Crippen LogP contribution in [0, 0.1) is 0 Å². The van der Waals surface area contributed by atoms with Crippen LogP contribution in [0.2, 0.25) is 0 Å². The molecule has 9 heteroatoms. The Balaban J connectivity index is 1.80. The molecule has 1 fully saturated rings. The third kappa shape index (κ3) is 11.0. The minimum absolute atomic E-state index is 0.00938. The first kappa shape index (κ1) is 29.1. The molecule has 1 heterocycles. The van der Waals surface area contributed by atoms with Crippen molar-refractivity contribution in [2.24, 2.45) is 11.6 Å². The fourth-order valence-electron chi connectivity index (χ4n) is 4.30. The zero-order valence-corrected chi connectivity index (χ0v) is 22.1. The van der Waals surface area contributed by atoms with Crippen LogP contribution in [0.15, 0.2) is 36.2 Å². The van der Waals surface area contributed by atoms with Crippen molar-refractivity contribution in [2.45, 2.75) is 76.9 Å². The number of nitrogens with zero attached hydrogens (tertiary/aromatic N) is 2. The van der Waals surface area contributed by atoms with Gasteiger partial charge < -0.3 is 35.1 Å². The number of hydrazine groups is 1. The third-order valence-electron chi connectivity index (χ3n) is 6.12. The molecule has 1 saturated heterocycles. The molecule has 6 N–H and O–H groups in total. The molecule has 1 aromatic rings. The number of aliphatic hydroxyl groups excluding tert-OH is 1. The number of carbonyl (C=O) groups excluding carboxylic acids is 1. The Morgan fingerprint density at radius 1 is 1.29 bits per heavy atom. The number of rotatable bonds is 13. The van der Waals surface area contributed by atoms with Crippen LogP contribution in [0.4, 0.5) is 5.69 Å². The zero-order valence-electron chi connectivity index (χ0n) is 22.1. The number of nitrogens with one attached hydrogen (secondary N) is 1. The summed E-state index contributed by atoms with van der Waals surface area (Å²) in [5.41, 5.74) is 8.22. The average Bonchev–Trinajstić information content (AvgIpc) is 2.72. The van der Waals surface area contributed by atoms with Crippen molar-refractivity contribution in [3.63, 3.8) is 0 Å². The van der Waals surface area contributed by atoms with Crippen molar-refractivity contribution in [3.05, 3.63) is 41.7 Å². The van der Waals surface area contributed by atoms with Crippen LogP contribution in [-0.2, 0) is 20.7 Å². The molecule has 0 saturated carbocycles. The van der Waals surface area contributed by atoms with E-state index < -0.39 is 0 Å². The first-order valence-corrected chi connectivity index (χ1v) is 12.6. The van der Waals surface area contributed by atoms with E-state index in [9.17, 15) is 9.90 Å². The van der Waals surface area contributed by atoms with Gasteiger partial charge in [-0.15, -0.1) is 0 Å². The van der Waals surface area contributed by atoms with Crippen molar-refractivity contribution in [1.29, 1.82) is 0 Å². The summed E-state index contributed by atoms with van der Waals surface area (Å²) < 4.78 is 12.1. The molecule has 9 nitrogen and oxygen atoms in total. The molecule has 4 atom stereocenters. The fourth-order valence-corrected chi connectivity index (χ4v) is 4.30. The number of unbranched alkanes of at least 4 members (excludes halogenated alkanes) is 1. The van der Waals surface area contributed by atoms with E-state index in [1.807, 2.05) is 52.3 Å². The Morgan fingerprint density at radius 3 is 2.57 bits per heavy atom. The molecule has 0 spiro atoms. The highest BCUT2D eigenvalue weighted by molar-refractivity contribution is 5.94. The Hall–Kier alpha value is -2.17. The molecular formula is C26H46N5O4+. The number of ether oxygens (including phenoxy) is 2. The van der Waals surface area contributed by atoms with Gasteiger partial charge in [-0.1, -0.05) is 12.1 Å². The van der Waals surface area contributed by atoms with Gasteiger partial charge in [0, 0.05) is 37.0 Å². The van der Waals surface area contributed by atoms with Crippen LogP contribution < -0.4 is 16.9 Å². The highest BCUT2D eigenvalue weighted by atomic mass is 16.7. The molecule has 0 radical (unpaired) electrons. The average molecular weight is 493 g/mol. The first-order chi connectivity index (χ1) is 16.4. The summed E-state index contributed by atoms with van der Waals surface area (Å²) in [5, 5.41) is 14.5. The maximum atomic E-state index is 13.1. The monoisotopic (exact) mass is 492 g/mol. The minimum atomic E-state index is -0.366. The number of aliphatic hydroxyl groups is 1. The van der Waals surface area contributed by atoms with Gasteiger partial charge in [-0.25, -0.2) is 5.84 Å². The predicted molar refractivity (Wildman–Crippen MR) is 139 cm³/mol. The summed E-state index contributed by atoms with van der Waals surface area (Å²) in [6.07, 6.45) is 5.44. The smallest absolute Gasteiger partial charge is 0.282 e. The largest absolute Gasteiger partial charge is 0.401 e. The SMILES string of the molecule is C/C(N)=C/N(N)CCCC[C@@H](C(=O)Nc1ccc(CCOC2CC(O)CC(C)O2)cc1)[N+](C)(C)C. The van der Waals surface area contributed by atoms with E-state index in [0.717, 1.165) is 36.9 Å². The number of anilines is 1. The number of carbonyl (C=O) groups is 1. The molecule has 0 bridgehead atoms. The van der Waals surface area contributed by atoms with Crippen molar-refractivity contribution < 1.29 is 23.9 Å². The molecule has 0 aliphatic carbocycles. The molecule has 198 valence electrons.